The molecule has 5 heavy (non-hydrogen) atoms. The molecule has 0 aromatic rings. The molecule has 0 aliphatic rings. The molecule has 0 radical (unpaired) electrons. The van der Waals surface area contributed by atoms with E-state index in [-0.39, 0.29) is 12.4 Å². The van der Waals surface area contributed by atoms with Gasteiger partial charge in [0.25, 0.3) is 0 Å². The first-order valence-electron chi connectivity index (χ1n) is 0.850. The van der Waals surface area contributed by atoms with Crippen LogP contribution in [0.5, 0.6) is 0 Å². The van der Waals surface area contributed by atoms with Gasteiger partial charge in [-0.1, -0.05) is 0 Å². The van der Waals surface area contributed by atoms with Gasteiger partial charge < -0.3 is 15.7 Å². The van der Waals surface area contributed by atoms with E-state index in [1.54, 1.807) is 0 Å². The molecular formula is H5BClNO2. The smallest absolute Gasteiger partial charge is 0.413 e. The Bertz CT molecular complexity index is 14.4. The molecule has 0 unspecified atom stereocenters. The number of hydrogen-bond acceptors (Lipinski definition) is 3. The molecule has 0 heterocycles. The van der Waals surface area contributed by atoms with Crippen LogP contribution < -0.4 is 5.64 Å². The van der Waals surface area contributed by atoms with Crippen LogP contribution in [0, 0.1) is 0 Å². The van der Waals surface area contributed by atoms with E-state index in [9.17, 15) is 0 Å². The molecule has 0 aromatic heterocycles. The zero-order valence-corrected chi connectivity index (χ0v) is 3.27. The fourth-order valence-corrected chi connectivity index (χ4v) is 0. The average Bonchev–Trinajstić information content (AvgIpc) is 0.811. The predicted octanol–water partition coefficient (Wildman–Crippen LogP) is -1.66. The summed E-state index contributed by atoms with van der Waals surface area (Å²) in [5.74, 6) is 0. The van der Waals surface area contributed by atoms with E-state index in [4.69, 9.17) is 10.0 Å². The molecular weight excluding hydrogens is 92.3 g/mol. The van der Waals surface area contributed by atoms with Crippen LogP contribution in [0.1, 0.15) is 0 Å². The van der Waals surface area contributed by atoms with Gasteiger partial charge in [0, 0.05) is 0 Å². The highest BCUT2D eigenvalue weighted by Crippen LogP contribution is 1.31. The summed E-state index contributed by atoms with van der Waals surface area (Å²) in [6, 6.07) is 0. The van der Waals surface area contributed by atoms with Gasteiger partial charge in [-0.15, -0.1) is 12.4 Å². The average molecular weight is 97.3 g/mol. The summed E-state index contributed by atoms with van der Waals surface area (Å²) < 4.78 is 0. The highest BCUT2D eigenvalue weighted by Gasteiger charge is 1.88. The molecule has 0 atom stereocenters. The first kappa shape index (κ1) is 8.97. The van der Waals surface area contributed by atoms with Crippen molar-refractivity contribution in [1.29, 1.82) is 0 Å². The molecule has 0 saturated carbocycles. The van der Waals surface area contributed by atoms with Gasteiger partial charge >= 0.3 is 7.25 Å². The van der Waals surface area contributed by atoms with E-state index in [0.29, 0.717) is 0 Å². The van der Waals surface area contributed by atoms with E-state index in [1.165, 1.54) is 0 Å². The molecule has 5 heteroatoms. The number of nitrogens with two attached hydrogens (primary N) is 1. The molecule has 0 aliphatic heterocycles. The first-order chi connectivity index (χ1) is 1.73. The van der Waals surface area contributed by atoms with Crippen molar-refractivity contribution in [2.45, 2.75) is 0 Å². The minimum atomic E-state index is -1.67. The Morgan fingerprint density at radius 1 is 1.40 bits per heavy atom. The minimum Gasteiger partial charge on any atom is -0.413 e. The second-order valence-corrected chi connectivity index (χ2v) is 0.414. The van der Waals surface area contributed by atoms with Gasteiger partial charge in [-0.2, -0.15) is 0 Å². The first-order valence-corrected chi connectivity index (χ1v) is 0.850. The maximum absolute atomic E-state index is 7.39. The van der Waals surface area contributed by atoms with Gasteiger partial charge in [0.2, 0.25) is 0 Å². The predicted molar refractivity (Wildman–Crippen MR) is 21.6 cm³/mol. The van der Waals surface area contributed by atoms with Crippen LogP contribution in [0.25, 0.3) is 0 Å². The van der Waals surface area contributed by atoms with Crippen LogP contribution in [0.2, 0.25) is 0 Å². The van der Waals surface area contributed by atoms with Gasteiger partial charge in [-0.05, 0) is 0 Å². The molecule has 0 amide bonds. The van der Waals surface area contributed by atoms with E-state index in [1.807, 2.05) is 0 Å². The Morgan fingerprint density at radius 2 is 1.40 bits per heavy atom. The Labute approximate surface area is 36.4 Å². The number of rotatable bonds is 0. The van der Waals surface area contributed by atoms with Crippen molar-refractivity contribution >= 4 is 19.7 Å². The van der Waals surface area contributed by atoms with Crippen molar-refractivity contribution in [3.05, 3.63) is 0 Å². The highest BCUT2D eigenvalue weighted by molar-refractivity contribution is 6.36. The fourth-order valence-electron chi connectivity index (χ4n) is 0. The SMILES string of the molecule is Cl.NB(O)O. The summed E-state index contributed by atoms with van der Waals surface area (Å²) in [4.78, 5) is 0. The topological polar surface area (TPSA) is 66.5 Å². The Morgan fingerprint density at radius 3 is 1.40 bits per heavy atom. The van der Waals surface area contributed by atoms with Gasteiger partial charge in [-0.25, -0.2) is 0 Å². The summed E-state index contributed by atoms with van der Waals surface area (Å²) in [6.07, 6.45) is 0. The summed E-state index contributed by atoms with van der Waals surface area (Å²) in [5, 5.41) is 14.8. The summed E-state index contributed by atoms with van der Waals surface area (Å²) in [7, 11) is -1.67. The molecule has 0 aromatic carbocycles. The van der Waals surface area contributed by atoms with Crippen molar-refractivity contribution < 1.29 is 10.0 Å². The van der Waals surface area contributed by atoms with Crippen LogP contribution in [0.4, 0.5) is 0 Å². The summed E-state index contributed by atoms with van der Waals surface area (Å²) in [6.45, 7) is 0. The fraction of sp³-hybridized carbons (Fsp3) is 0. The van der Waals surface area contributed by atoms with Crippen molar-refractivity contribution in [3.8, 4) is 0 Å². The molecule has 32 valence electrons. The zero-order chi connectivity index (χ0) is 3.58. The highest BCUT2D eigenvalue weighted by atomic mass is 35.5. The lowest BCUT2D eigenvalue weighted by Gasteiger charge is -1.71. The van der Waals surface area contributed by atoms with Crippen molar-refractivity contribution in [3.63, 3.8) is 0 Å². The number of halogens is 1. The van der Waals surface area contributed by atoms with Crippen LogP contribution in [-0.2, 0) is 0 Å². The summed E-state index contributed by atoms with van der Waals surface area (Å²) >= 11 is 0. The third-order valence-electron chi connectivity index (χ3n) is 0. The molecule has 0 fully saturated rings. The lowest BCUT2D eigenvalue weighted by Crippen LogP contribution is -2.23. The Balaban J connectivity index is 0. The maximum Gasteiger partial charge on any atom is 0.546 e. The van der Waals surface area contributed by atoms with Crippen molar-refractivity contribution in [2.24, 2.45) is 5.64 Å². The monoisotopic (exact) mass is 97.0 g/mol. The van der Waals surface area contributed by atoms with Gasteiger partial charge in [-0.3, -0.25) is 0 Å². The molecule has 4 N–H and O–H groups in total. The van der Waals surface area contributed by atoms with Crippen LogP contribution in [-0.4, -0.2) is 17.3 Å². The normalized spacial score (nSPS) is 5.40. The lowest BCUT2D eigenvalue weighted by molar-refractivity contribution is 0.409. The quantitative estimate of drug-likeness (QED) is 0.317. The van der Waals surface area contributed by atoms with Crippen LogP contribution in [0.3, 0.4) is 0 Å². The Kier molecular flexibility index (Phi) is 7.60. The van der Waals surface area contributed by atoms with E-state index < -0.39 is 7.25 Å². The lowest BCUT2D eigenvalue weighted by atomic mass is 10.2. The molecule has 0 saturated heterocycles. The van der Waals surface area contributed by atoms with E-state index in [2.05, 4.69) is 5.64 Å². The maximum atomic E-state index is 7.39. The summed E-state index contributed by atoms with van der Waals surface area (Å²) in [5.41, 5.74) is 4.22. The largest absolute Gasteiger partial charge is 0.546 e. The zero-order valence-electron chi connectivity index (χ0n) is 2.46. The van der Waals surface area contributed by atoms with Crippen molar-refractivity contribution in [2.75, 3.05) is 0 Å². The standard InChI is InChI=1S/BH4NO2.ClH/c2-1(3)4;/h3-4H,2H2;1H. The minimum absolute atomic E-state index is 0. The molecule has 0 rings (SSSR count). The van der Waals surface area contributed by atoms with E-state index >= 15 is 0 Å². The van der Waals surface area contributed by atoms with E-state index in [0.717, 1.165) is 0 Å². The molecule has 0 bridgehead atoms. The molecule has 0 spiro atoms. The molecule has 3 nitrogen and oxygen atoms in total. The third-order valence-corrected chi connectivity index (χ3v) is 0. The van der Waals surface area contributed by atoms with Gasteiger partial charge in [0.15, 0.2) is 0 Å². The third kappa shape index (κ3) is 383. The van der Waals surface area contributed by atoms with Gasteiger partial charge in [0.1, 0.15) is 0 Å². The second-order valence-electron chi connectivity index (χ2n) is 0.414. The van der Waals surface area contributed by atoms with Crippen LogP contribution >= 0.6 is 12.4 Å². The second kappa shape index (κ2) is 4.23. The molecule has 0 aliphatic carbocycles. The van der Waals surface area contributed by atoms with Crippen molar-refractivity contribution in [1.82, 2.24) is 0 Å². The number of hydrogen-bond donors (Lipinski definition) is 3. The van der Waals surface area contributed by atoms with Crippen LogP contribution in [0.15, 0.2) is 0 Å². The Hall–Kier alpha value is 0.235. The van der Waals surface area contributed by atoms with Gasteiger partial charge in [0.05, 0.1) is 0 Å².